The maximum absolute atomic E-state index is 12.3. The normalized spacial score (nSPS) is 26.5. The molecule has 1 atom stereocenters. The predicted molar refractivity (Wildman–Crippen MR) is 82.5 cm³/mol. The highest BCUT2D eigenvalue weighted by Crippen LogP contribution is 2.18. The van der Waals surface area contributed by atoms with E-state index in [1.54, 1.807) is 0 Å². The molecule has 0 spiro atoms. The number of likely N-dealkylation sites (tertiary alicyclic amines) is 2. The molecule has 3 aliphatic rings. The van der Waals surface area contributed by atoms with E-state index in [1.807, 2.05) is 9.80 Å². The molecule has 22 heavy (non-hydrogen) atoms. The molecule has 3 saturated heterocycles. The number of hydrogen-bond donors (Lipinski definition) is 1. The summed E-state index contributed by atoms with van der Waals surface area (Å²) in [5.41, 5.74) is 0. The van der Waals surface area contributed by atoms with E-state index in [1.165, 1.54) is 0 Å². The largest absolute Gasteiger partial charge is 0.381 e. The summed E-state index contributed by atoms with van der Waals surface area (Å²) in [6, 6.07) is 0.405. The first-order valence-electron chi connectivity index (χ1n) is 8.63. The molecule has 0 aliphatic carbocycles. The fourth-order valence-electron chi connectivity index (χ4n) is 3.62. The van der Waals surface area contributed by atoms with Gasteiger partial charge in [0.25, 0.3) is 0 Å². The van der Waals surface area contributed by atoms with Gasteiger partial charge in [-0.15, -0.1) is 0 Å². The van der Waals surface area contributed by atoms with Gasteiger partial charge in [-0.05, 0) is 38.0 Å². The van der Waals surface area contributed by atoms with E-state index in [9.17, 15) is 9.59 Å². The number of ether oxygens (including phenoxy) is 1. The van der Waals surface area contributed by atoms with E-state index in [2.05, 4.69) is 5.32 Å². The lowest BCUT2D eigenvalue weighted by Crippen LogP contribution is -2.50. The second-order valence-electron chi connectivity index (χ2n) is 6.74. The van der Waals surface area contributed by atoms with E-state index in [0.717, 1.165) is 71.5 Å². The first kappa shape index (κ1) is 15.6. The molecule has 0 radical (unpaired) electrons. The minimum atomic E-state index is 0.139. The van der Waals surface area contributed by atoms with Gasteiger partial charge in [0.1, 0.15) is 0 Å². The fourth-order valence-corrected chi connectivity index (χ4v) is 3.62. The Labute approximate surface area is 132 Å². The number of amides is 3. The minimum absolute atomic E-state index is 0.139. The molecule has 0 aromatic heterocycles. The van der Waals surface area contributed by atoms with Gasteiger partial charge in [-0.25, -0.2) is 4.79 Å². The second kappa shape index (κ2) is 7.31. The number of piperidine rings is 1. The number of urea groups is 1. The SMILES string of the molecule is O=C(C[C@@H]1CCOC1)NC1CCN(C(=O)N2CCCC2)CC1. The number of nitrogens with one attached hydrogen (secondary N) is 1. The Bertz CT molecular complexity index is 395. The average molecular weight is 309 g/mol. The Kier molecular flexibility index (Phi) is 5.18. The third-order valence-electron chi connectivity index (χ3n) is 5.01. The van der Waals surface area contributed by atoms with Crippen LogP contribution >= 0.6 is 0 Å². The highest BCUT2D eigenvalue weighted by Gasteiger charge is 2.28. The lowest BCUT2D eigenvalue weighted by Gasteiger charge is -2.34. The van der Waals surface area contributed by atoms with E-state index >= 15 is 0 Å². The third-order valence-corrected chi connectivity index (χ3v) is 5.01. The quantitative estimate of drug-likeness (QED) is 0.852. The Morgan fingerprint density at radius 2 is 1.68 bits per heavy atom. The summed E-state index contributed by atoms with van der Waals surface area (Å²) in [6.07, 6.45) is 5.56. The van der Waals surface area contributed by atoms with Gasteiger partial charge in [-0.2, -0.15) is 0 Å². The number of rotatable bonds is 3. The zero-order chi connectivity index (χ0) is 15.4. The molecule has 3 heterocycles. The zero-order valence-electron chi connectivity index (χ0n) is 13.3. The van der Waals surface area contributed by atoms with Crippen molar-refractivity contribution in [3.05, 3.63) is 0 Å². The van der Waals surface area contributed by atoms with Crippen LogP contribution in [0.4, 0.5) is 4.79 Å². The van der Waals surface area contributed by atoms with Crippen molar-refractivity contribution in [2.24, 2.45) is 5.92 Å². The summed E-state index contributed by atoms with van der Waals surface area (Å²) in [7, 11) is 0. The number of nitrogens with zero attached hydrogens (tertiary/aromatic N) is 2. The monoisotopic (exact) mass is 309 g/mol. The summed E-state index contributed by atoms with van der Waals surface area (Å²) in [4.78, 5) is 28.2. The molecular formula is C16H27N3O3. The lowest BCUT2D eigenvalue weighted by atomic mass is 10.0. The predicted octanol–water partition coefficient (Wildman–Crippen LogP) is 1.21. The molecule has 6 nitrogen and oxygen atoms in total. The summed E-state index contributed by atoms with van der Waals surface area (Å²) in [6.45, 7) is 4.82. The molecule has 6 heteroatoms. The summed E-state index contributed by atoms with van der Waals surface area (Å²) in [5.74, 6) is 0.525. The Balaban J connectivity index is 1.37. The molecule has 124 valence electrons. The molecule has 0 aromatic rings. The van der Waals surface area contributed by atoms with Crippen molar-refractivity contribution in [2.75, 3.05) is 39.4 Å². The zero-order valence-corrected chi connectivity index (χ0v) is 13.3. The van der Waals surface area contributed by atoms with Gasteiger partial charge in [0.15, 0.2) is 0 Å². The molecule has 0 aromatic carbocycles. The molecule has 0 bridgehead atoms. The highest BCUT2D eigenvalue weighted by atomic mass is 16.5. The van der Waals surface area contributed by atoms with Gasteiger partial charge < -0.3 is 19.9 Å². The van der Waals surface area contributed by atoms with Crippen molar-refractivity contribution in [2.45, 2.75) is 44.6 Å². The molecule has 0 unspecified atom stereocenters. The number of carbonyl (C=O) groups excluding carboxylic acids is 2. The van der Waals surface area contributed by atoms with Crippen molar-refractivity contribution in [3.63, 3.8) is 0 Å². The highest BCUT2D eigenvalue weighted by molar-refractivity contribution is 5.77. The maximum atomic E-state index is 12.3. The van der Waals surface area contributed by atoms with Crippen molar-refractivity contribution in [1.29, 1.82) is 0 Å². The first-order chi connectivity index (χ1) is 10.7. The average Bonchev–Trinajstić information content (AvgIpc) is 3.20. The van der Waals surface area contributed by atoms with Gasteiger partial charge in [-0.3, -0.25) is 4.79 Å². The van der Waals surface area contributed by atoms with Crippen LogP contribution in [-0.4, -0.2) is 67.2 Å². The van der Waals surface area contributed by atoms with Crippen LogP contribution in [0.15, 0.2) is 0 Å². The number of carbonyl (C=O) groups is 2. The van der Waals surface area contributed by atoms with Crippen LogP contribution in [0.25, 0.3) is 0 Å². The molecule has 0 saturated carbocycles. The van der Waals surface area contributed by atoms with Crippen LogP contribution in [0.5, 0.6) is 0 Å². The Hall–Kier alpha value is -1.30. The Morgan fingerprint density at radius 1 is 1.00 bits per heavy atom. The van der Waals surface area contributed by atoms with Crippen molar-refractivity contribution in [3.8, 4) is 0 Å². The lowest BCUT2D eigenvalue weighted by molar-refractivity contribution is -0.123. The van der Waals surface area contributed by atoms with E-state index in [-0.39, 0.29) is 18.0 Å². The van der Waals surface area contributed by atoms with Crippen LogP contribution in [0.1, 0.15) is 38.5 Å². The van der Waals surface area contributed by atoms with E-state index in [0.29, 0.717) is 12.3 Å². The smallest absolute Gasteiger partial charge is 0.319 e. The summed E-state index contributed by atoms with van der Waals surface area (Å²) >= 11 is 0. The van der Waals surface area contributed by atoms with Crippen LogP contribution in [-0.2, 0) is 9.53 Å². The standard InChI is InChI=1S/C16H27N3O3/c20-15(11-13-5-10-22-12-13)17-14-3-8-19(9-4-14)16(21)18-6-1-2-7-18/h13-14H,1-12H2,(H,17,20)/t13-/m0/s1. The molecule has 3 fully saturated rings. The van der Waals surface area contributed by atoms with Gasteiger partial charge in [-0.1, -0.05) is 0 Å². The second-order valence-corrected chi connectivity index (χ2v) is 6.74. The van der Waals surface area contributed by atoms with Crippen molar-refractivity contribution < 1.29 is 14.3 Å². The molecule has 3 amide bonds. The van der Waals surface area contributed by atoms with Crippen LogP contribution < -0.4 is 5.32 Å². The molecular weight excluding hydrogens is 282 g/mol. The third kappa shape index (κ3) is 3.91. The van der Waals surface area contributed by atoms with Crippen LogP contribution in [0.2, 0.25) is 0 Å². The number of hydrogen-bond acceptors (Lipinski definition) is 3. The van der Waals surface area contributed by atoms with Gasteiger partial charge >= 0.3 is 6.03 Å². The summed E-state index contributed by atoms with van der Waals surface area (Å²) in [5, 5.41) is 3.13. The van der Waals surface area contributed by atoms with Gasteiger partial charge in [0.05, 0.1) is 0 Å². The Morgan fingerprint density at radius 3 is 2.32 bits per heavy atom. The van der Waals surface area contributed by atoms with Crippen LogP contribution in [0.3, 0.4) is 0 Å². The minimum Gasteiger partial charge on any atom is -0.381 e. The topological polar surface area (TPSA) is 61.9 Å². The van der Waals surface area contributed by atoms with E-state index in [4.69, 9.17) is 4.74 Å². The fraction of sp³-hybridized carbons (Fsp3) is 0.875. The molecule has 1 N–H and O–H groups in total. The molecule has 3 aliphatic heterocycles. The van der Waals surface area contributed by atoms with Gasteiger partial charge in [0.2, 0.25) is 5.91 Å². The van der Waals surface area contributed by atoms with Crippen molar-refractivity contribution >= 4 is 11.9 Å². The van der Waals surface area contributed by atoms with E-state index < -0.39 is 0 Å². The van der Waals surface area contributed by atoms with Crippen molar-refractivity contribution in [1.82, 2.24) is 15.1 Å². The maximum Gasteiger partial charge on any atom is 0.319 e. The van der Waals surface area contributed by atoms with Crippen LogP contribution in [0, 0.1) is 5.92 Å². The van der Waals surface area contributed by atoms with Gasteiger partial charge in [0, 0.05) is 51.9 Å². The summed E-state index contributed by atoms with van der Waals surface area (Å²) < 4.78 is 5.31. The first-order valence-corrected chi connectivity index (χ1v) is 8.63. The molecule has 3 rings (SSSR count).